The highest BCUT2D eigenvalue weighted by atomic mass is 79.9. The van der Waals surface area contributed by atoms with Crippen LogP contribution in [0, 0.1) is 5.92 Å². The van der Waals surface area contributed by atoms with Gasteiger partial charge < -0.3 is 9.84 Å². The summed E-state index contributed by atoms with van der Waals surface area (Å²) in [6, 6.07) is 7.94. The van der Waals surface area contributed by atoms with Gasteiger partial charge in [0.15, 0.2) is 0 Å². The van der Waals surface area contributed by atoms with Crippen molar-refractivity contribution in [2.45, 2.75) is 19.3 Å². The first-order valence-corrected chi connectivity index (χ1v) is 7.40. The second kappa shape index (κ2) is 5.84. The zero-order valence-corrected chi connectivity index (χ0v) is 12.2. The molecule has 1 N–H and O–H groups in total. The van der Waals surface area contributed by atoms with E-state index in [1.54, 1.807) is 0 Å². The van der Waals surface area contributed by atoms with Crippen molar-refractivity contribution in [1.82, 2.24) is 15.5 Å². The van der Waals surface area contributed by atoms with Gasteiger partial charge in [-0.1, -0.05) is 33.2 Å². The van der Waals surface area contributed by atoms with E-state index in [0.29, 0.717) is 5.82 Å². The number of hydrogen-bond donors (Lipinski definition) is 1. The molecule has 3 rings (SSSR count). The van der Waals surface area contributed by atoms with E-state index in [9.17, 15) is 0 Å². The molecule has 4 nitrogen and oxygen atoms in total. The molecule has 100 valence electrons. The first-order chi connectivity index (χ1) is 9.31. The van der Waals surface area contributed by atoms with Crippen LogP contribution < -0.4 is 5.32 Å². The summed E-state index contributed by atoms with van der Waals surface area (Å²) < 4.78 is 6.34. The van der Waals surface area contributed by atoms with Crippen LogP contribution in [0.25, 0.3) is 11.4 Å². The maximum Gasteiger partial charge on any atom is 0.226 e. The van der Waals surface area contributed by atoms with Gasteiger partial charge in [-0.05, 0) is 44.0 Å². The highest BCUT2D eigenvalue weighted by molar-refractivity contribution is 9.10. The molecule has 1 aliphatic heterocycles. The summed E-state index contributed by atoms with van der Waals surface area (Å²) in [6.45, 7) is 2.25. The third kappa shape index (κ3) is 3.22. The first-order valence-electron chi connectivity index (χ1n) is 6.60. The van der Waals surface area contributed by atoms with Gasteiger partial charge in [0.1, 0.15) is 0 Å². The molecule has 2 aromatic rings. The summed E-state index contributed by atoms with van der Waals surface area (Å²) in [4.78, 5) is 4.46. The summed E-state index contributed by atoms with van der Waals surface area (Å²) in [7, 11) is 0. The van der Waals surface area contributed by atoms with Crippen LogP contribution in [0.1, 0.15) is 18.7 Å². The fourth-order valence-corrected chi connectivity index (χ4v) is 2.79. The molecule has 0 saturated carbocycles. The molecule has 1 fully saturated rings. The number of hydrogen-bond acceptors (Lipinski definition) is 4. The van der Waals surface area contributed by atoms with E-state index in [-0.39, 0.29) is 0 Å². The summed E-state index contributed by atoms with van der Waals surface area (Å²) >= 11 is 3.45. The fraction of sp³-hybridized carbons (Fsp3) is 0.429. The Labute approximate surface area is 120 Å². The normalized spacial score (nSPS) is 18.9. The van der Waals surface area contributed by atoms with Crippen molar-refractivity contribution in [3.05, 3.63) is 34.6 Å². The van der Waals surface area contributed by atoms with Crippen molar-refractivity contribution in [3.63, 3.8) is 0 Å². The molecule has 5 heteroatoms. The first kappa shape index (κ1) is 12.8. The Hall–Kier alpha value is -1.20. The molecule has 0 bridgehead atoms. The topological polar surface area (TPSA) is 51.0 Å². The number of aromatic nitrogens is 2. The predicted molar refractivity (Wildman–Crippen MR) is 76.7 cm³/mol. The van der Waals surface area contributed by atoms with Crippen LogP contribution in [0.15, 0.2) is 33.3 Å². The number of nitrogens with one attached hydrogen (secondary N) is 1. The lowest BCUT2D eigenvalue weighted by molar-refractivity contribution is 0.365. The van der Waals surface area contributed by atoms with E-state index in [0.717, 1.165) is 47.8 Å². The predicted octanol–water partition coefficient (Wildman–Crippen LogP) is 3.04. The highest BCUT2D eigenvalue weighted by Crippen LogP contribution is 2.21. The molecule has 1 aromatic carbocycles. The summed E-state index contributed by atoms with van der Waals surface area (Å²) in [6.07, 6.45) is 3.24. The van der Waals surface area contributed by atoms with Crippen molar-refractivity contribution in [3.8, 4) is 11.4 Å². The van der Waals surface area contributed by atoms with Crippen molar-refractivity contribution < 1.29 is 4.52 Å². The minimum absolute atomic E-state index is 0.667. The molecule has 0 radical (unpaired) electrons. The van der Waals surface area contributed by atoms with Crippen LogP contribution in [0.2, 0.25) is 0 Å². The van der Waals surface area contributed by atoms with Gasteiger partial charge in [-0.3, -0.25) is 0 Å². The maximum atomic E-state index is 5.32. The second-order valence-corrected chi connectivity index (χ2v) is 5.84. The number of rotatable bonds is 4. The van der Waals surface area contributed by atoms with Crippen LogP contribution in [-0.2, 0) is 6.42 Å². The lowest BCUT2D eigenvalue weighted by Crippen LogP contribution is -2.09. The van der Waals surface area contributed by atoms with Crippen LogP contribution in [-0.4, -0.2) is 23.2 Å². The number of nitrogens with zero attached hydrogens (tertiary/aromatic N) is 2. The van der Waals surface area contributed by atoms with Gasteiger partial charge in [0.05, 0.1) is 0 Å². The van der Waals surface area contributed by atoms with Gasteiger partial charge >= 0.3 is 0 Å². The van der Waals surface area contributed by atoms with Gasteiger partial charge in [-0.25, -0.2) is 0 Å². The van der Waals surface area contributed by atoms with E-state index < -0.39 is 0 Å². The van der Waals surface area contributed by atoms with Crippen LogP contribution in [0.5, 0.6) is 0 Å². The smallest absolute Gasteiger partial charge is 0.226 e. The van der Waals surface area contributed by atoms with Crippen LogP contribution >= 0.6 is 15.9 Å². The number of aryl methyl sites for hydroxylation is 1. The fourth-order valence-electron chi connectivity index (χ4n) is 2.39. The Morgan fingerprint density at radius 3 is 3.16 bits per heavy atom. The van der Waals surface area contributed by atoms with Crippen molar-refractivity contribution in [1.29, 1.82) is 0 Å². The zero-order valence-electron chi connectivity index (χ0n) is 10.6. The lowest BCUT2D eigenvalue weighted by atomic mass is 10.0. The summed E-state index contributed by atoms with van der Waals surface area (Å²) in [5, 5.41) is 7.42. The Kier molecular flexibility index (Phi) is 3.94. The molecule has 0 aliphatic carbocycles. The SMILES string of the molecule is Brc1cccc(-c2noc(CCC3CCNC3)n2)c1. The lowest BCUT2D eigenvalue weighted by Gasteiger charge is -2.03. The average Bonchev–Trinajstić information content (AvgIpc) is 3.08. The number of benzene rings is 1. The standard InChI is InChI=1S/C14H16BrN3O/c15-12-3-1-2-11(8-12)14-17-13(19-18-14)5-4-10-6-7-16-9-10/h1-3,8,10,16H,4-7,9H2. The molecule has 1 atom stereocenters. The van der Waals surface area contributed by atoms with Crippen molar-refractivity contribution in [2.24, 2.45) is 5.92 Å². The summed E-state index contributed by atoms with van der Waals surface area (Å²) in [5.74, 6) is 2.16. The van der Waals surface area contributed by atoms with E-state index in [1.807, 2.05) is 24.3 Å². The van der Waals surface area contributed by atoms with E-state index >= 15 is 0 Å². The third-order valence-corrected chi connectivity index (χ3v) is 3.97. The molecule has 1 aliphatic rings. The van der Waals surface area contributed by atoms with Crippen LogP contribution in [0.4, 0.5) is 0 Å². The average molecular weight is 322 g/mol. The second-order valence-electron chi connectivity index (χ2n) is 4.92. The van der Waals surface area contributed by atoms with Gasteiger partial charge in [-0.15, -0.1) is 0 Å². The Balaban J connectivity index is 1.65. The molecule has 19 heavy (non-hydrogen) atoms. The monoisotopic (exact) mass is 321 g/mol. The quantitative estimate of drug-likeness (QED) is 0.940. The Morgan fingerprint density at radius 2 is 2.37 bits per heavy atom. The Bertz CT molecular complexity index is 549. The van der Waals surface area contributed by atoms with Gasteiger partial charge in [0.25, 0.3) is 0 Å². The van der Waals surface area contributed by atoms with E-state index in [2.05, 4.69) is 31.4 Å². The Morgan fingerprint density at radius 1 is 1.42 bits per heavy atom. The van der Waals surface area contributed by atoms with E-state index in [1.165, 1.54) is 6.42 Å². The molecule has 2 heterocycles. The molecule has 0 amide bonds. The van der Waals surface area contributed by atoms with Gasteiger partial charge in [0.2, 0.25) is 11.7 Å². The molecular formula is C14H16BrN3O. The number of halogens is 1. The minimum Gasteiger partial charge on any atom is -0.339 e. The third-order valence-electron chi connectivity index (χ3n) is 3.48. The zero-order chi connectivity index (χ0) is 13.1. The molecule has 1 unspecified atom stereocenters. The maximum absolute atomic E-state index is 5.32. The van der Waals surface area contributed by atoms with Crippen LogP contribution in [0.3, 0.4) is 0 Å². The van der Waals surface area contributed by atoms with E-state index in [4.69, 9.17) is 4.52 Å². The summed E-state index contributed by atoms with van der Waals surface area (Å²) in [5.41, 5.74) is 0.979. The molecule has 0 spiro atoms. The minimum atomic E-state index is 0.667. The molecule has 1 saturated heterocycles. The van der Waals surface area contributed by atoms with Gasteiger partial charge in [-0.2, -0.15) is 4.98 Å². The molecular weight excluding hydrogens is 306 g/mol. The van der Waals surface area contributed by atoms with Crippen molar-refractivity contribution >= 4 is 15.9 Å². The largest absolute Gasteiger partial charge is 0.339 e. The van der Waals surface area contributed by atoms with Crippen molar-refractivity contribution in [2.75, 3.05) is 13.1 Å². The molecule has 1 aromatic heterocycles. The van der Waals surface area contributed by atoms with Gasteiger partial charge in [0, 0.05) is 16.5 Å². The highest BCUT2D eigenvalue weighted by Gasteiger charge is 2.16.